The van der Waals surface area contributed by atoms with Gasteiger partial charge >= 0.3 is 0 Å². The van der Waals surface area contributed by atoms with E-state index in [-0.39, 0.29) is 6.04 Å². The van der Waals surface area contributed by atoms with Gasteiger partial charge in [-0.1, -0.05) is 6.92 Å². The normalized spacial score (nSPS) is 12.6. The third kappa shape index (κ3) is 2.34. The summed E-state index contributed by atoms with van der Waals surface area (Å²) >= 11 is 0. The Hall–Kier alpha value is -1.75. The predicted molar refractivity (Wildman–Crippen MR) is 66.0 cm³/mol. The standard InChI is InChI=1S/C12H17N5/c1-4-13-9(2)11-8-16-17(10(11)3)12-14-6-5-7-15-12/h5-9,13H,4H2,1-3H3. The fourth-order valence-corrected chi connectivity index (χ4v) is 1.87. The van der Waals surface area contributed by atoms with Gasteiger partial charge in [0.25, 0.3) is 5.95 Å². The SMILES string of the molecule is CCNC(C)c1cnn(-c2ncccn2)c1C. The molecule has 2 aromatic heterocycles. The predicted octanol–water partition coefficient (Wildman–Crippen LogP) is 1.64. The van der Waals surface area contributed by atoms with Crippen molar-refractivity contribution in [2.75, 3.05) is 6.54 Å². The van der Waals surface area contributed by atoms with Gasteiger partial charge in [-0.25, -0.2) is 14.6 Å². The topological polar surface area (TPSA) is 55.6 Å². The molecule has 0 radical (unpaired) electrons. The van der Waals surface area contributed by atoms with Crippen LogP contribution in [0.15, 0.2) is 24.7 Å². The zero-order valence-electron chi connectivity index (χ0n) is 10.4. The van der Waals surface area contributed by atoms with Crippen molar-refractivity contribution < 1.29 is 0 Å². The average Bonchev–Trinajstić information content (AvgIpc) is 2.72. The molecule has 5 nitrogen and oxygen atoms in total. The summed E-state index contributed by atoms with van der Waals surface area (Å²) in [5.41, 5.74) is 2.25. The Bertz CT molecular complexity index is 477. The molecule has 0 spiro atoms. The molecule has 17 heavy (non-hydrogen) atoms. The van der Waals surface area contributed by atoms with Gasteiger partial charge in [0, 0.05) is 29.7 Å². The van der Waals surface area contributed by atoms with Gasteiger partial charge in [0.2, 0.25) is 0 Å². The Kier molecular flexibility index (Phi) is 3.49. The highest BCUT2D eigenvalue weighted by molar-refractivity contribution is 5.25. The number of nitrogens with zero attached hydrogens (tertiary/aromatic N) is 4. The monoisotopic (exact) mass is 231 g/mol. The van der Waals surface area contributed by atoms with Gasteiger partial charge in [0.1, 0.15) is 0 Å². The van der Waals surface area contributed by atoms with Crippen molar-refractivity contribution in [1.29, 1.82) is 0 Å². The van der Waals surface area contributed by atoms with Crippen LogP contribution >= 0.6 is 0 Å². The lowest BCUT2D eigenvalue weighted by Gasteiger charge is -2.11. The maximum absolute atomic E-state index is 4.34. The smallest absolute Gasteiger partial charge is 0.250 e. The van der Waals surface area contributed by atoms with Crippen LogP contribution in [0.5, 0.6) is 0 Å². The van der Waals surface area contributed by atoms with E-state index in [1.807, 2.05) is 13.1 Å². The summed E-state index contributed by atoms with van der Waals surface area (Å²) in [6, 6.07) is 2.09. The zero-order valence-corrected chi connectivity index (χ0v) is 10.4. The number of hydrogen-bond acceptors (Lipinski definition) is 4. The third-order valence-electron chi connectivity index (χ3n) is 2.77. The lowest BCUT2D eigenvalue weighted by molar-refractivity contribution is 0.594. The highest BCUT2D eigenvalue weighted by atomic mass is 15.3. The van der Waals surface area contributed by atoms with E-state index >= 15 is 0 Å². The van der Waals surface area contributed by atoms with E-state index in [0.717, 1.165) is 12.2 Å². The van der Waals surface area contributed by atoms with Crippen LogP contribution < -0.4 is 5.32 Å². The molecule has 5 heteroatoms. The van der Waals surface area contributed by atoms with Gasteiger partial charge in [-0.15, -0.1) is 0 Å². The summed E-state index contributed by atoms with van der Waals surface area (Å²) in [6.07, 6.45) is 5.31. The zero-order chi connectivity index (χ0) is 12.3. The van der Waals surface area contributed by atoms with Gasteiger partial charge in [-0.2, -0.15) is 5.10 Å². The van der Waals surface area contributed by atoms with Crippen LogP contribution in [0.4, 0.5) is 0 Å². The minimum Gasteiger partial charge on any atom is -0.310 e. The van der Waals surface area contributed by atoms with Gasteiger partial charge in [0.15, 0.2) is 0 Å². The fourth-order valence-electron chi connectivity index (χ4n) is 1.87. The Balaban J connectivity index is 2.33. The van der Waals surface area contributed by atoms with E-state index in [0.29, 0.717) is 5.95 Å². The Morgan fingerprint density at radius 3 is 2.71 bits per heavy atom. The van der Waals surface area contributed by atoms with E-state index in [1.165, 1.54) is 5.56 Å². The van der Waals surface area contributed by atoms with Crippen LogP contribution in [0, 0.1) is 6.92 Å². The van der Waals surface area contributed by atoms with Crippen LogP contribution in [0.3, 0.4) is 0 Å². The van der Waals surface area contributed by atoms with Gasteiger partial charge < -0.3 is 5.32 Å². The summed E-state index contributed by atoms with van der Waals surface area (Å²) in [6.45, 7) is 7.19. The first-order chi connectivity index (χ1) is 8.24. The van der Waals surface area contributed by atoms with Crippen LogP contribution in [0.1, 0.15) is 31.1 Å². The molecule has 0 saturated carbocycles. The van der Waals surface area contributed by atoms with Crippen LogP contribution in [0.2, 0.25) is 0 Å². The van der Waals surface area contributed by atoms with Crippen LogP contribution in [-0.2, 0) is 0 Å². The molecule has 1 unspecified atom stereocenters. The van der Waals surface area contributed by atoms with E-state index in [1.54, 1.807) is 23.1 Å². The molecule has 1 N–H and O–H groups in total. The number of nitrogens with one attached hydrogen (secondary N) is 1. The molecule has 0 aromatic carbocycles. The Morgan fingerprint density at radius 1 is 1.35 bits per heavy atom. The minimum absolute atomic E-state index is 0.289. The van der Waals surface area contributed by atoms with Crippen molar-refractivity contribution in [2.45, 2.75) is 26.8 Å². The summed E-state index contributed by atoms with van der Waals surface area (Å²) in [4.78, 5) is 8.39. The molecule has 0 amide bonds. The molecule has 0 aliphatic rings. The second-order valence-electron chi connectivity index (χ2n) is 3.93. The quantitative estimate of drug-likeness (QED) is 0.869. The molecular formula is C12H17N5. The molecule has 90 valence electrons. The second-order valence-corrected chi connectivity index (χ2v) is 3.93. The van der Waals surface area contributed by atoms with Gasteiger partial charge in [0.05, 0.1) is 6.20 Å². The van der Waals surface area contributed by atoms with Crippen molar-refractivity contribution in [3.05, 3.63) is 35.9 Å². The maximum Gasteiger partial charge on any atom is 0.250 e. The summed E-state index contributed by atoms with van der Waals surface area (Å²) in [5, 5.41) is 7.71. The summed E-state index contributed by atoms with van der Waals surface area (Å²) < 4.78 is 1.77. The first kappa shape index (κ1) is 11.7. The number of rotatable bonds is 4. The van der Waals surface area contributed by atoms with Crippen LogP contribution in [0.25, 0.3) is 5.95 Å². The van der Waals surface area contributed by atoms with E-state index in [2.05, 4.69) is 34.2 Å². The largest absolute Gasteiger partial charge is 0.310 e. The maximum atomic E-state index is 4.34. The molecule has 0 aliphatic carbocycles. The molecule has 0 bridgehead atoms. The molecule has 2 heterocycles. The van der Waals surface area contributed by atoms with Gasteiger partial charge in [-0.05, 0) is 26.5 Å². The lowest BCUT2D eigenvalue weighted by Crippen LogP contribution is -2.18. The Labute approximate surface area is 101 Å². The van der Waals surface area contributed by atoms with E-state index in [4.69, 9.17) is 0 Å². The molecule has 2 aromatic rings. The first-order valence-electron chi connectivity index (χ1n) is 5.79. The highest BCUT2D eigenvalue weighted by Gasteiger charge is 2.14. The summed E-state index contributed by atoms with van der Waals surface area (Å²) in [7, 11) is 0. The fraction of sp³-hybridized carbons (Fsp3) is 0.417. The summed E-state index contributed by atoms with van der Waals surface area (Å²) in [5.74, 6) is 0.611. The van der Waals surface area contributed by atoms with Crippen molar-refractivity contribution in [1.82, 2.24) is 25.1 Å². The van der Waals surface area contributed by atoms with Crippen LogP contribution in [-0.4, -0.2) is 26.3 Å². The third-order valence-corrected chi connectivity index (χ3v) is 2.77. The van der Waals surface area contributed by atoms with Crippen molar-refractivity contribution in [3.8, 4) is 5.95 Å². The van der Waals surface area contributed by atoms with E-state index < -0.39 is 0 Å². The molecule has 2 rings (SSSR count). The minimum atomic E-state index is 0.289. The first-order valence-corrected chi connectivity index (χ1v) is 5.79. The molecule has 0 saturated heterocycles. The molecule has 0 aliphatic heterocycles. The van der Waals surface area contributed by atoms with Crippen molar-refractivity contribution >= 4 is 0 Å². The van der Waals surface area contributed by atoms with E-state index in [9.17, 15) is 0 Å². The molecule has 1 atom stereocenters. The number of hydrogen-bond donors (Lipinski definition) is 1. The molecule has 0 fully saturated rings. The highest BCUT2D eigenvalue weighted by Crippen LogP contribution is 2.18. The second kappa shape index (κ2) is 5.05. The van der Waals surface area contributed by atoms with Crippen molar-refractivity contribution in [2.24, 2.45) is 0 Å². The Morgan fingerprint density at radius 2 is 2.06 bits per heavy atom. The average molecular weight is 231 g/mol. The van der Waals surface area contributed by atoms with Gasteiger partial charge in [-0.3, -0.25) is 0 Å². The molecular weight excluding hydrogens is 214 g/mol. The van der Waals surface area contributed by atoms with Crippen molar-refractivity contribution in [3.63, 3.8) is 0 Å². The number of aromatic nitrogens is 4. The lowest BCUT2D eigenvalue weighted by atomic mass is 10.1.